The van der Waals surface area contributed by atoms with Gasteiger partial charge in [-0.25, -0.2) is 0 Å². The van der Waals surface area contributed by atoms with Crippen LogP contribution in [0.25, 0.3) is 10.9 Å². The molecule has 0 aliphatic carbocycles. The number of H-pyrrole nitrogens is 1. The Kier molecular flexibility index (Phi) is 11.2. The van der Waals surface area contributed by atoms with Crippen molar-refractivity contribution in [2.24, 2.45) is 5.73 Å². The molecule has 1 aliphatic heterocycles. The molecule has 1 unspecified atom stereocenters. The third kappa shape index (κ3) is 9.41. The van der Waals surface area contributed by atoms with E-state index in [-0.39, 0.29) is 30.3 Å². The summed E-state index contributed by atoms with van der Waals surface area (Å²) in [6.45, 7) is 6.99. The van der Waals surface area contributed by atoms with Crippen molar-refractivity contribution in [3.8, 4) is 5.75 Å². The fourth-order valence-corrected chi connectivity index (χ4v) is 5.60. The van der Waals surface area contributed by atoms with Crippen LogP contribution in [0.15, 0.2) is 54.6 Å². The van der Waals surface area contributed by atoms with Crippen molar-refractivity contribution < 1.29 is 38.6 Å². The molecule has 0 radical (unpaired) electrons. The van der Waals surface area contributed by atoms with Crippen molar-refractivity contribution in [3.05, 3.63) is 65.9 Å². The van der Waals surface area contributed by atoms with Crippen LogP contribution in [0.4, 0.5) is 0 Å². The number of ether oxygens (including phenoxy) is 1. The van der Waals surface area contributed by atoms with E-state index in [1.807, 2.05) is 20.8 Å². The first kappa shape index (κ1) is 35.6. The third-order valence-corrected chi connectivity index (χ3v) is 7.72. The van der Waals surface area contributed by atoms with E-state index < -0.39 is 65.8 Å². The molecule has 4 rings (SSSR count). The Morgan fingerprint density at radius 1 is 1.04 bits per heavy atom. The van der Waals surface area contributed by atoms with E-state index in [0.29, 0.717) is 29.3 Å². The van der Waals surface area contributed by atoms with Gasteiger partial charge in [0.1, 0.15) is 23.5 Å². The Labute approximate surface area is 277 Å². The van der Waals surface area contributed by atoms with Gasteiger partial charge in [-0.2, -0.15) is 0 Å². The molecule has 14 heteroatoms. The number of aliphatic hydroxyl groups is 1. The fraction of sp³-hybridized carbons (Fsp3) is 0.412. The van der Waals surface area contributed by atoms with Crippen LogP contribution in [0.5, 0.6) is 5.75 Å². The second-order valence-electron chi connectivity index (χ2n) is 12.9. The van der Waals surface area contributed by atoms with Gasteiger partial charge in [0.05, 0.1) is 12.5 Å². The average molecular weight is 663 g/mol. The van der Waals surface area contributed by atoms with Crippen LogP contribution in [0, 0.1) is 0 Å². The maximum absolute atomic E-state index is 13.7. The van der Waals surface area contributed by atoms with E-state index in [9.17, 15) is 33.9 Å². The third-order valence-electron chi connectivity index (χ3n) is 7.72. The van der Waals surface area contributed by atoms with Crippen molar-refractivity contribution in [2.75, 3.05) is 6.54 Å². The summed E-state index contributed by atoms with van der Waals surface area (Å²) < 4.78 is 5.09. The first-order chi connectivity index (χ1) is 22.6. The number of aromatic amines is 1. The van der Waals surface area contributed by atoms with Crippen LogP contribution >= 0.6 is 0 Å². The Bertz CT molecular complexity index is 1680. The zero-order valence-electron chi connectivity index (χ0n) is 27.4. The minimum Gasteiger partial charge on any atom is -0.427 e. The molecular formula is C34H42N6O8. The second-order valence-corrected chi connectivity index (χ2v) is 12.9. The highest BCUT2D eigenvalue weighted by atomic mass is 16.5. The topological polar surface area (TPSA) is 213 Å². The number of likely N-dealkylation sites (tertiary alicyclic amines) is 1. The minimum atomic E-state index is -1.76. The highest BCUT2D eigenvalue weighted by Crippen LogP contribution is 2.23. The number of benzene rings is 2. The predicted molar refractivity (Wildman–Crippen MR) is 175 cm³/mol. The highest BCUT2D eigenvalue weighted by Gasteiger charge is 2.41. The van der Waals surface area contributed by atoms with Crippen molar-refractivity contribution >= 4 is 46.4 Å². The number of nitrogens with zero attached hydrogens (tertiary/aromatic N) is 1. The summed E-state index contributed by atoms with van der Waals surface area (Å²) in [5, 5.41) is 20.0. The molecule has 0 saturated carbocycles. The van der Waals surface area contributed by atoms with E-state index in [4.69, 9.17) is 10.5 Å². The number of rotatable bonds is 12. The summed E-state index contributed by atoms with van der Waals surface area (Å²) in [5.74, 6) is -3.77. The summed E-state index contributed by atoms with van der Waals surface area (Å²) in [5.41, 5.74) is 6.19. The number of primary amides is 1. The Hall–Kier alpha value is -5.24. The summed E-state index contributed by atoms with van der Waals surface area (Å²) in [7, 11) is 0. The van der Waals surface area contributed by atoms with Gasteiger partial charge in [0, 0.05) is 29.9 Å². The van der Waals surface area contributed by atoms with Crippen molar-refractivity contribution in [1.82, 2.24) is 25.8 Å². The zero-order chi connectivity index (χ0) is 35.2. The smallest absolute Gasteiger partial charge is 0.308 e. The van der Waals surface area contributed by atoms with E-state index in [0.717, 1.165) is 0 Å². The molecule has 48 heavy (non-hydrogen) atoms. The molecule has 1 saturated heterocycles. The standard InChI is InChI=1S/C34H42N6O8/c1-19(41)48-22-12-13-23-21(16-22)17-25(36-23)30(44)38-26(18-28(35)42)31(45)37-24(15-20-9-6-5-7-10-20)29(43)33(47)40-14-8-11-27(40)32(46)39-34(2,3)4/h5-7,9-10,12-13,16-17,24,26-27,29,36,43H,8,11,14-15,18H2,1-4H3,(H2,35,42)(H,37,45)(H,38,44)(H,39,46)/t24-,26-,27-,29?/m0/s1. The lowest BCUT2D eigenvalue weighted by Crippen LogP contribution is -2.59. The van der Waals surface area contributed by atoms with Crippen LogP contribution < -0.4 is 26.4 Å². The Morgan fingerprint density at radius 2 is 1.75 bits per heavy atom. The summed E-state index contributed by atoms with van der Waals surface area (Å²) in [4.78, 5) is 81.1. The molecule has 5 amide bonds. The summed E-state index contributed by atoms with van der Waals surface area (Å²) >= 11 is 0. The number of esters is 1. The first-order valence-corrected chi connectivity index (χ1v) is 15.7. The molecule has 14 nitrogen and oxygen atoms in total. The highest BCUT2D eigenvalue weighted by molar-refractivity contribution is 6.01. The molecule has 4 atom stereocenters. The Morgan fingerprint density at radius 3 is 2.40 bits per heavy atom. The second kappa shape index (κ2) is 15.1. The van der Waals surface area contributed by atoms with Gasteiger partial charge >= 0.3 is 5.97 Å². The number of hydrogen-bond acceptors (Lipinski definition) is 8. The van der Waals surface area contributed by atoms with Gasteiger partial charge in [-0.1, -0.05) is 30.3 Å². The lowest BCUT2D eigenvalue weighted by molar-refractivity contribution is -0.147. The molecule has 1 fully saturated rings. The van der Waals surface area contributed by atoms with Crippen LogP contribution in [-0.2, 0) is 30.4 Å². The van der Waals surface area contributed by atoms with Gasteiger partial charge in [-0.3, -0.25) is 28.8 Å². The molecule has 256 valence electrons. The van der Waals surface area contributed by atoms with Crippen molar-refractivity contribution in [2.45, 2.75) is 83.1 Å². The molecule has 0 bridgehead atoms. The summed E-state index contributed by atoms with van der Waals surface area (Å²) in [6.07, 6.45) is -1.33. The number of nitrogens with two attached hydrogens (primary N) is 1. The molecule has 7 N–H and O–H groups in total. The first-order valence-electron chi connectivity index (χ1n) is 15.7. The van der Waals surface area contributed by atoms with E-state index in [1.165, 1.54) is 17.9 Å². The maximum Gasteiger partial charge on any atom is 0.308 e. The van der Waals surface area contributed by atoms with Crippen LogP contribution in [0.1, 0.15) is 63.0 Å². The van der Waals surface area contributed by atoms with E-state index in [2.05, 4.69) is 20.9 Å². The number of fused-ring (bicyclic) bond motifs is 1. The zero-order valence-corrected chi connectivity index (χ0v) is 27.4. The number of hydrogen-bond donors (Lipinski definition) is 6. The number of aliphatic hydroxyl groups excluding tert-OH is 1. The molecular weight excluding hydrogens is 620 g/mol. The molecule has 2 heterocycles. The normalized spacial score (nSPS) is 16.4. The minimum absolute atomic E-state index is 0.0239. The van der Waals surface area contributed by atoms with Crippen LogP contribution in [0.3, 0.4) is 0 Å². The lowest BCUT2D eigenvalue weighted by Gasteiger charge is -2.32. The Balaban J connectivity index is 1.54. The van der Waals surface area contributed by atoms with Crippen molar-refractivity contribution in [3.63, 3.8) is 0 Å². The van der Waals surface area contributed by atoms with Gasteiger partial charge in [0.2, 0.25) is 17.7 Å². The number of carbonyl (C=O) groups excluding carboxylic acids is 6. The number of aromatic nitrogens is 1. The maximum atomic E-state index is 13.7. The SMILES string of the molecule is CC(=O)Oc1ccc2[nH]c(C(=O)N[C@@H](CC(N)=O)C(=O)N[C@@H](Cc3ccccc3)C(O)C(=O)N3CCC[C@H]3C(=O)NC(C)(C)C)cc2c1. The monoisotopic (exact) mass is 662 g/mol. The quantitative estimate of drug-likeness (QED) is 0.122. The summed E-state index contributed by atoms with van der Waals surface area (Å²) in [6, 6.07) is 11.6. The average Bonchev–Trinajstić information content (AvgIpc) is 3.66. The molecule has 1 aliphatic rings. The van der Waals surface area contributed by atoms with Gasteiger partial charge in [-0.05, 0) is 69.9 Å². The number of amides is 5. The fourth-order valence-electron chi connectivity index (χ4n) is 5.60. The van der Waals surface area contributed by atoms with E-state index in [1.54, 1.807) is 48.5 Å². The molecule has 2 aromatic carbocycles. The number of nitrogens with one attached hydrogen (secondary N) is 4. The van der Waals surface area contributed by atoms with Crippen molar-refractivity contribution in [1.29, 1.82) is 0 Å². The van der Waals surface area contributed by atoms with Crippen LogP contribution in [0.2, 0.25) is 0 Å². The molecule has 1 aromatic heterocycles. The van der Waals surface area contributed by atoms with Crippen LogP contribution in [-0.4, -0.2) is 86.8 Å². The number of carbonyl (C=O) groups is 6. The molecule has 3 aromatic rings. The lowest BCUT2D eigenvalue weighted by atomic mass is 9.99. The largest absolute Gasteiger partial charge is 0.427 e. The van der Waals surface area contributed by atoms with E-state index >= 15 is 0 Å². The van der Waals surface area contributed by atoms with Gasteiger partial charge in [0.25, 0.3) is 11.8 Å². The van der Waals surface area contributed by atoms with Gasteiger partial charge in [0.15, 0.2) is 6.10 Å². The molecule has 0 spiro atoms. The van der Waals surface area contributed by atoms with Gasteiger partial charge < -0.3 is 41.4 Å². The van der Waals surface area contributed by atoms with Gasteiger partial charge in [-0.15, -0.1) is 0 Å². The predicted octanol–water partition coefficient (Wildman–Crippen LogP) is 1.06.